The number of thiophene rings is 1. The van der Waals surface area contributed by atoms with Gasteiger partial charge in [0, 0.05) is 28.1 Å². The zero-order valence-electron chi connectivity index (χ0n) is 11.2. The minimum absolute atomic E-state index is 0.0594. The Bertz CT molecular complexity index is 552. The van der Waals surface area contributed by atoms with Gasteiger partial charge in [0.15, 0.2) is 0 Å². The van der Waals surface area contributed by atoms with Gasteiger partial charge in [0.1, 0.15) is 0 Å². The van der Waals surface area contributed by atoms with Crippen molar-refractivity contribution >= 4 is 22.9 Å². The van der Waals surface area contributed by atoms with E-state index in [1.165, 1.54) is 41.7 Å². The predicted octanol–water partition coefficient (Wildman–Crippen LogP) is 4.85. The van der Waals surface area contributed by atoms with Crippen molar-refractivity contribution < 1.29 is 0 Å². The van der Waals surface area contributed by atoms with E-state index in [1.54, 1.807) is 4.88 Å². The van der Waals surface area contributed by atoms with Gasteiger partial charge in [-0.05, 0) is 55.9 Å². The highest BCUT2D eigenvalue weighted by Gasteiger charge is 2.18. The van der Waals surface area contributed by atoms with E-state index in [0.29, 0.717) is 0 Å². The minimum atomic E-state index is 0.0594. The molecule has 1 aliphatic carbocycles. The molecule has 19 heavy (non-hydrogen) atoms. The molecule has 0 aliphatic heterocycles. The lowest BCUT2D eigenvalue weighted by molar-refractivity contribution is 0.697. The van der Waals surface area contributed by atoms with Crippen LogP contribution >= 0.6 is 22.9 Å². The van der Waals surface area contributed by atoms with Crippen LogP contribution in [-0.4, -0.2) is 4.98 Å². The van der Waals surface area contributed by atoms with Crippen LogP contribution in [-0.2, 0) is 19.3 Å². The molecule has 100 valence electrons. The van der Waals surface area contributed by atoms with Gasteiger partial charge in [-0.15, -0.1) is 22.9 Å². The van der Waals surface area contributed by atoms with Gasteiger partial charge in [-0.1, -0.05) is 6.07 Å². The van der Waals surface area contributed by atoms with Crippen molar-refractivity contribution in [3.63, 3.8) is 0 Å². The molecule has 0 saturated carbocycles. The van der Waals surface area contributed by atoms with Crippen molar-refractivity contribution in [1.29, 1.82) is 0 Å². The van der Waals surface area contributed by atoms with Crippen LogP contribution in [0.2, 0.25) is 0 Å². The summed E-state index contributed by atoms with van der Waals surface area (Å²) in [6.07, 6.45) is 7.82. The van der Waals surface area contributed by atoms with Crippen LogP contribution in [0, 0.1) is 6.92 Å². The highest BCUT2D eigenvalue weighted by molar-refractivity contribution is 7.12. The second kappa shape index (κ2) is 5.64. The van der Waals surface area contributed by atoms with Gasteiger partial charge in [-0.2, -0.15) is 0 Å². The summed E-state index contributed by atoms with van der Waals surface area (Å²) in [5, 5.41) is 0.0594. The van der Waals surface area contributed by atoms with E-state index < -0.39 is 0 Å². The summed E-state index contributed by atoms with van der Waals surface area (Å²) < 4.78 is 0. The minimum Gasteiger partial charge on any atom is -0.261 e. The van der Waals surface area contributed by atoms with Gasteiger partial charge in [0.05, 0.1) is 5.38 Å². The number of nitrogens with zero attached hydrogens (tertiary/aromatic N) is 1. The topological polar surface area (TPSA) is 12.9 Å². The quantitative estimate of drug-likeness (QED) is 0.737. The maximum atomic E-state index is 6.60. The average molecular weight is 292 g/mol. The van der Waals surface area contributed by atoms with Crippen LogP contribution in [0.3, 0.4) is 0 Å². The Morgan fingerprint density at radius 3 is 3.00 bits per heavy atom. The molecule has 0 radical (unpaired) electrons. The zero-order chi connectivity index (χ0) is 13.2. The number of aromatic nitrogens is 1. The fraction of sp³-hybridized carbons (Fsp3) is 0.438. The molecule has 0 fully saturated rings. The summed E-state index contributed by atoms with van der Waals surface area (Å²) in [5.74, 6) is 0. The van der Waals surface area contributed by atoms with Crippen LogP contribution in [0.1, 0.15) is 44.8 Å². The second-order valence-electron chi connectivity index (χ2n) is 5.24. The maximum absolute atomic E-state index is 6.60. The Labute approximate surface area is 123 Å². The lowest BCUT2D eigenvalue weighted by Crippen LogP contribution is -1.99. The number of fused-ring (bicyclic) bond motifs is 1. The van der Waals surface area contributed by atoms with Crippen molar-refractivity contribution in [2.75, 3.05) is 0 Å². The number of hydrogen-bond acceptors (Lipinski definition) is 2. The highest BCUT2D eigenvalue weighted by Crippen LogP contribution is 2.36. The Balaban J connectivity index is 1.79. The molecule has 0 N–H and O–H groups in total. The Morgan fingerprint density at radius 1 is 1.37 bits per heavy atom. The zero-order valence-corrected chi connectivity index (χ0v) is 12.7. The molecule has 3 heteroatoms. The summed E-state index contributed by atoms with van der Waals surface area (Å²) in [6, 6.07) is 6.41. The van der Waals surface area contributed by atoms with E-state index in [9.17, 15) is 0 Å². The van der Waals surface area contributed by atoms with E-state index in [0.717, 1.165) is 12.1 Å². The Hall–Kier alpha value is -0.860. The maximum Gasteiger partial charge on any atom is 0.0734 e. The lowest BCUT2D eigenvalue weighted by Gasteiger charge is -2.08. The Morgan fingerprint density at radius 2 is 2.21 bits per heavy atom. The average Bonchev–Trinajstić information content (AvgIpc) is 2.85. The van der Waals surface area contributed by atoms with Gasteiger partial charge in [-0.3, -0.25) is 4.98 Å². The smallest absolute Gasteiger partial charge is 0.0734 e. The molecule has 2 heterocycles. The summed E-state index contributed by atoms with van der Waals surface area (Å²) in [6.45, 7) is 2.10. The molecule has 0 bridgehead atoms. The number of hydrogen-bond donors (Lipinski definition) is 0. The fourth-order valence-corrected chi connectivity index (χ4v) is 4.25. The molecule has 1 atom stereocenters. The van der Waals surface area contributed by atoms with Crippen LogP contribution in [0.4, 0.5) is 0 Å². The summed E-state index contributed by atoms with van der Waals surface area (Å²) in [5.41, 5.74) is 3.89. The number of halogens is 1. The van der Waals surface area contributed by atoms with Gasteiger partial charge in [-0.25, -0.2) is 0 Å². The number of pyridine rings is 1. The van der Waals surface area contributed by atoms with Crippen LogP contribution in [0.25, 0.3) is 0 Å². The normalized spacial score (nSPS) is 16.1. The third-order valence-electron chi connectivity index (χ3n) is 3.81. The van der Waals surface area contributed by atoms with E-state index in [4.69, 9.17) is 11.6 Å². The first-order valence-corrected chi connectivity index (χ1v) is 8.15. The number of aryl methyl sites for hydroxylation is 3. The van der Waals surface area contributed by atoms with Crippen LogP contribution in [0.5, 0.6) is 0 Å². The second-order valence-corrected chi connectivity index (χ2v) is 6.94. The van der Waals surface area contributed by atoms with Gasteiger partial charge in [0.25, 0.3) is 0 Å². The number of rotatable bonds is 3. The van der Waals surface area contributed by atoms with E-state index in [2.05, 4.69) is 24.0 Å². The van der Waals surface area contributed by atoms with Crippen molar-refractivity contribution in [2.24, 2.45) is 0 Å². The molecule has 1 nitrogen and oxygen atoms in total. The monoisotopic (exact) mass is 291 g/mol. The van der Waals surface area contributed by atoms with Crippen molar-refractivity contribution in [3.05, 3.63) is 51.0 Å². The third-order valence-corrected chi connectivity index (χ3v) is 5.68. The number of alkyl halides is 1. The summed E-state index contributed by atoms with van der Waals surface area (Å²) >= 11 is 8.51. The first-order chi connectivity index (χ1) is 9.24. The van der Waals surface area contributed by atoms with Crippen molar-refractivity contribution in [1.82, 2.24) is 4.98 Å². The molecule has 1 aliphatic rings. The molecular weight excluding hydrogens is 274 g/mol. The van der Waals surface area contributed by atoms with Gasteiger partial charge in [0.2, 0.25) is 0 Å². The third kappa shape index (κ3) is 2.85. The predicted molar refractivity (Wildman–Crippen MR) is 82.2 cm³/mol. The van der Waals surface area contributed by atoms with Crippen LogP contribution < -0.4 is 0 Å². The van der Waals surface area contributed by atoms with Crippen LogP contribution in [0.15, 0.2) is 24.4 Å². The fourth-order valence-electron chi connectivity index (χ4n) is 2.67. The molecule has 0 aromatic carbocycles. The molecule has 0 spiro atoms. The van der Waals surface area contributed by atoms with E-state index in [1.807, 2.05) is 23.6 Å². The SMILES string of the molecule is Cc1cccnc1CC(Cl)c1cc2c(s1)CCCC2. The standard InChI is InChI=1S/C16H18ClNS/c1-11-5-4-8-18-14(11)10-13(17)16-9-12-6-2-3-7-15(12)19-16/h4-5,8-9,13H,2-3,6-7,10H2,1H3. The summed E-state index contributed by atoms with van der Waals surface area (Å²) in [4.78, 5) is 7.32. The van der Waals surface area contributed by atoms with Crippen molar-refractivity contribution in [3.8, 4) is 0 Å². The Kier molecular flexibility index (Phi) is 3.90. The molecule has 2 aromatic heterocycles. The molecule has 3 rings (SSSR count). The van der Waals surface area contributed by atoms with Gasteiger partial charge >= 0.3 is 0 Å². The first kappa shape index (κ1) is 13.1. The van der Waals surface area contributed by atoms with E-state index >= 15 is 0 Å². The van der Waals surface area contributed by atoms with Crippen molar-refractivity contribution in [2.45, 2.75) is 44.4 Å². The first-order valence-electron chi connectivity index (χ1n) is 6.90. The van der Waals surface area contributed by atoms with Gasteiger partial charge < -0.3 is 0 Å². The lowest BCUT2D eigenvalue weighted by atomic mass is 9.99. The molecular formula is C16H18ClNS. The molecule has 0 saturated heterocycles. The molecule has 0 amide bonds. The van der Waals surface area contributed by atoms with E-state index in [-0.39, 0.29) is 5.38 Å². The molecule has 2 aromatic rings. The molecule has 1 unspecified atom stereocenters. The largest absolute Gasteiger partial charge is 0.261 e. The summed E-state index contributed by atoms with van der Waals surface area (Å²) in [7, 11) is 0. The highest BCUT2D eigenvalue weighted by atomic mass is 35.5.